The van der Waals surface area contributed by atoms with Gasteiger partial charge in [0.05, 0.1) is 17.5 Å². The zero-order valence-electron chi connectivity index (χ0n) is 14.0. The third kappa shape index (κ3) is 2.23. The highest BCUT2D eigenvalue weighted by Gasteiger charge is 2.53. The van der Waals surface area contributed by atoms with E-state index in [1.807, 2.05) is 17.5 Å². The van der Waals surface area contributed by atoms with Gasteiger partial charge in [0.25, 0.3) is 5.91 Å². The number of ketones is 1. The molecule has 3 unspecified atom stereocenters. The second-order valence-electron chi connectivity index (χ2n) is 6.83. The van der Waals surface area contributed by atoms with E-state index in [-0.39, 0.29) is 29.5 Å². The van der Waals surface area contributed by atoms with Crippen molar-refractivity contribution in [2.24, 2.45) is 5.92 Å². The first-order valence-electron chi connectivity index (χ1n) is 8.83. The Morgan fingerprint density at radius 1 is 1.19 bits per heavy atom. The highest BCUT2D eigenvalue weighted by molar-refractivity contribution is 7.13. The van der Waals surface area contributed by atoms with Crippen molar-refractivity contribution in [3.8, 4) is 0 Å². The number of carbonyl (C=O) groups is 2. The van der Waals surface area contributed by atoms with Gasteiger partial charge in [0, 0.05) is 24.0 Å². The monoisotopic (exact) mass is 367 g/mol. The van der Waals surface area contributed by atoms with Gasteiger partial charge in [-0.2, -0.15) is 0 Å². The maximum atomic E-state index is 13.3. The number of hydrogen-bond donors (Lipinski definition) is 0. The van der Waals surface area contributed by atoms with Gasteiger partial charge < -0.3 is 4.74 Å². The van der Waals surface area contributed by atoms with E-state index in [0.717, 1.165) is 31.2 Å². The minimum absolute atomic E-state index is 0.0530. The Bertz CT molecular complexity index is 894. The van der Waals surface area contributed by atoms with Crippen LogP contribution < -0.4 is 4.90 Å². The minimum Gasteiger partial charge on any atom is -0.483 e. The molecule has 0 spiro atoms. The van der Waals surface area contributed by atoms with Crippen molar-refractivity contribution < 1.29 is 14.3 Å². The van der Waals surface area contributed by atoms with E-state index in [2.05, 4.69) is 9.97 Å². The van der Waals surface area contributed by atoms with Crippen LogP contribution in [-0.2, 0) is 14.3 Å². The summed E-state index contributed by atoms with van der Waals surface area (Å²) in [6.45, 7) is 0. The smallest absolute Gasteiger partial charge is 0.296 e. The second kappa shape index (κ2) is 6.02. The number of aromatic nitrogens is 2. The Kier molecular flexibility index (Phi) is 3.63. The molecule has 2 aromatic heterocycles. The van der Waals surface area contributed by atoms with Gasteiger partial charge >= 0.3 is 0 Å². The van der Waals surface area contributed by atoms with E-state index in [1.165, 1.54) is 11.3 Å². The quantitative estimate of drug-likeness (QED) is 0.816. The van der Waals surface area contributed by atoms with Crippen LogP contribution >= 0.6 is 11.3 Å². The zero-order valence-corrected chi connectivity index (χ0v) is 14.8. The summed E-state index contributed by atoms with van der Waals surface area (Å²) < 4.78 is 6.10. The molecule has 6 nitrogen and oxygen atoms in total. The second-order valence-corrected chi connectivity index (χ2v) is 7.71. The van der Waals surface area contributed by atoms with Crippen LogP contribution in [0.15, 0.2) is 47.4 Å². The number of amides is 1. The zero-order chi connectivity index (χ0) is 17.7. The summed E-state index contributed by atoms with van der Waals surface area (Å²) in [6.07, 6.45) is 8.58. The van der Waals surface area contributed by atoms with Crippen LogP contribution in [-0.4, -0.2) is 27.8 Å². The highest BCUT2D eigenvalue weighted by Crippen LogP contribution is 2.48. The molecule has 0 radical (unpaired) electrons. The van der Waals surface area contributed by atoms with Gasteiger partial charge in [-0.15, -0.1) is 11.3 Å². The Hall–Kier alpha value is -2.54. The van der Waals surface area contributed by atoms with Crippen LogP contribution in [0.4, 0.5) is 5.13 Å². The van der Waals surface area contributed by atoms with Gasteiger partial charge in [-0.05, 0) is 30.9 Å². The number of Topliss-reactive ketones (excluding diaryl/α,β-unsaturated/α-hetero) is 1. The molecule has 0 N–H and O–H groups in total. The first-order chi connectivity index (χ1) is 12.8. The molecule has 1 amide bonds. The maximum absolute atomic E-state index is 13.3. The lowest BCUT2D eigenvalue weighted by Crippen LogP contribution is -2.39. The number of carbonyl (C=O) groups excluding carboxylic acids is 2. The lowest BCUT2D eigenvalue weighted by atomic mass is 9.78. The average molecular weight is 367 g/mol. The van der Waals surface area contributed by atoms with Crippen LogP contribution in [0.25, 0.3) is 0 Å². The summed E-state index contributed by atoms with van der Waals surface area (Å²) in [5, 5.41) is 2.39. The standard InChI is InChI=1S/C19H17N3O3S/c23-16-12-5-1-2-6-13(12)25-17-14(16)15(11-4-3-7-20-10-11)22(18(17)24)19-21-8-9-26-19/h3-4,7-10,12-13,15H,1-2,5-6H2. The predicted molar refractivity (Wildman–Crippen MR) is 95.4 cm³/mol. The first kappa shape index (κ1) is 15.7. The van der Waals surface area contributed by atoms with E-state index >= 15 is 0 Å². The molecule has 1 saturated carbocycles. The average Bonchev–Trinajstić information content (AvgIpc) is 3.30. The number of nitrogens with zero attached hydrogens (tertiary/aromatic N) is 3. The molecule has 0 saturated heterocycles. The Morgan fingerprint density at radius 3 is 2.85 bits per heavy atom. The summed E-state index contributed by atoms with van der Waals surface area (Å²) >= 11 is 1.37. The molecular formula is C19H17N3O3S. The molecule has 26 heavy (non-hydrogen) atoms. The number of anilines is 1. The van der Waals surface area contributed by atoms with Crippen LogP contribution in [0.1, 0.15) is 37.3 Å². The summed E-state index contributed by atoms with van der Waals surface area (Å²) in [6, 6.07) is 3.19. The van der Waals surface area contributed by atoms with Crippen molar-refractivity contribution >= 4 is 28.2 Å². The summed E-state index contributed by atoms with van der Waals surface area (Å²) in [5.41, 5.74) is 1.27. The van der Waals surface area contributed by atoms with Gasteiger partial charge in [0.1, 0.15) is 6.10 Å². The van der Waals surface area contributed by atoms with Gasteiger partial charge in [-0.1, -0.05) is 12.5 Å². The Morgan fingerprint density at radius 2 is 2.08 bits per heavy atom. The molecule has 3 atom stereocenters. The number of rotatable bonds is 2. The number of hydrogen-bond acceptors (Lipinski definition) is 6. The number of pyridine rings is 1. The Balaban J connectivity index is 1.66. The van der Waals surface area contributed by atoms with Crippen molar-refractivity contribution in [1.82, 2.24) is 9.97 Å². The lowest BCUT2D eigenvalue weighted by molar-refractivity contribution is -0.131. The molecule has 7 heteroatoms. The van der Waals surface area contributed by atoms with Crippen molar-refractivity contribution in [1.29, 1.82) is 0 Å². The predicted octanol–water partition coefficient (Wildman–Crippen LogP) is 3.04. The van der Waals surface area contributed by atoms with E-state index in [9.17, 15) is 9.59 Å². The van der Waals surface area contributed by atoms with Crippen LogP contribution in [0, 0.1) is 5.92 Å². The molecule has 5 rings (SSSR count). The third-order valence-corrected chi connectivity index (χ3v) is 6.16. The van der Waals surface area contributed by atoms with Gasteiger partial charge in [-0.3, -0.25) is 19.5 Å². The van der Waals surface area contributed by atoms with Crippen molar-refractivity contribution in [2.75, 3.05) is 4.90 Å². The molecule has 1 fully saturated rings. The molecule has 1 aliphatic carbocycles. The number of thiazole rings is 1. The van der Waals surface area contributed by atoms with E-state index in [4.69, 9.17) is 4.74 Å². The fraction of sp³-hybridized carbons (Fsp3) is 0.368. The molecule has 0 bridgehead atoms. The maximum Gasteiger partial charge on any atom is 0.296 e. The topological polar surface area (TPSA) is 72.4 Å². The molecule has 4 heterocycles. The molecular weight excluding hydrogens is 350 g/mol. The van der Waals surface area contributed by atoms with Gasteiger partial charge in [0.15, 0.2) is 16.7 Å². The Labute approximate surface area is 154 Å². The molecule has 132 valence electrons. The van der Waals surface area contributed by atoms with Crippen LogP contribution in [0.3, 0.4) is 0 Å². The van der Waals surface area contributed by atoms with E-state index < -0.39 is 6.04 Å². The van der Waals surface area contributed by atoms with Crippen molar-refractivity contribution in [3.63, 3.8) is 0 Å². The normalized spacial score (nSPS) is 28.0. The number of fused-ring (bicyclic) bond motifs is 1. The van der Waals surface area contributed by atoms with Crippen LogP contribution in [0.5, 0.6) is 0 Å². The van der Waals surface area contributed by atoms with Gasteiger partial charge in [-0.25, -0.2) is 4.98 Å². The molecule has 2 aliphatic heterocycles. The SMILES string of the molecule is O=C1C2=C(OC3CCCCC13)C(=O)N(c1nccs1)C2c1cccnc1. The summed E-state index contributed by atoms with van der Waals surface area (Å²) in [4.78, 5) is 36.6. The summed E-state index contributed by atoms with van der Waals surface area (Å²) in [7, 11) is 0. The third-order valence-electron chi connectivity index (χ3n) is 5.39. The fourth-order valence-corrected chi connectivity index (χ4v) is 4.90. The largest absolute Gasteiger partial charge is 0.483 e. The van der Waals surface area contributed by atoms with Crippen molar-refractivity contribution in [2.45, 2.75) is 37.8 Å². The minimum atomic E-state index is -0.521. The van der Waals surface area contributed by atoms with Gasteiger partial charge in [0.2, 0.25) is 0 Å². The van der Waals surface area contributed by atoms with E-state index in [0.29, 0.717) is 10.7 Å². The van der Waals surface area contributed by atoms with E-state index in [1.54, 1.807) is 23.5 Å². The highest BCUT2D eigenvalue weighted by atomic mass is 32.1. The van der Waals surface area contributed by atoms with Crippen LogP contribution in [0.2, 0.25) is 0 Å². The summed E-state index contributed by atoms with van der Waals surface area (Å²) in [5.74, 6) is -0.161. The fourth-order valence-electron chi connectivity index (χ4n) is 4.23. The first-order valence-corrected chi connectivity index (χ1v) is 9.71. The lowest BCUT2D eigenvalue weighted by Gasteiger charge is -2.35. The van der Waals surface area contributed by atoms with Crippen molar-refractivity contribution in [3.05, 3.63) is 53.0 Å². The molecule has 2 aromatic rings. The molecule has 3 aliphatic rings. The number of ether oxygens (including phenoxy) is 1. The molecule has 0 aromatic carbocycles.